The summed E-state index contributed by atoms with van der Waals surface area (Å²) < 4.78 is 19.2. The van der Waals surface area contributed by atoms with Crippen molar-refractivity contribution in [3.8, 4) is 61.8 Å². The van der Waals surface area contributed by atoms with Crippen LogP contribution < -0.4 is 21.2 Å². The molecule has 0 saturated carbocycles. The van der Waals surface area contributed by atoms with Crippen molar-refractivity contribution in [3.05, 3.63) is 449 Å². The highest BCUT2D eigenvalue weighted by atomic mass is 27.3. The summed E-state index contributed by atoms with van der Waals surface area (Å²) in [5.41, 5.74) is 23.6. The maximum absolute atomic E-state index is 6.41. The molecule has 2 aliphatic rings. The van der Waals surface area contributed by atoms with Crippen LogP contribution in [0.2, 0.25) is 0 Å². The van der Waals surface area contributed by atoms with Crippen LogP contribution in [0, 0.1) is 0 Å². The van der Waals surface area contributed by atoms with Crippen LogP contribution in [0.15, 0.2) is 437 Å². The number of nitrogens with zero attached hydrogens (tertiary/aromatic N) is 7. The molecular formula is C107H74AlN7O3. The van der Waals surface area contributed by atoms with Crippen molar-refractivity contribution in [3.63, 3.8) is 0 Å². The van der Waals surface area contributed by atoms with Gasteiger partial charge in [0.05, 0.1) is 17.1 Å². The van der Waals surface area contributed by atoms with Gasteiger partial charge in [0.1, 0.15) is 33.8 Å². The summed E-state index contributed by atoms with van der Waals surface area (Å²) in [5.74, 6) is 2.10. The zero-order valence-corrected chi connectivity index (χ0v) is 65.3. The Labute approximate surface area is 688 Å². The topological polar surface area (TPSA) is 98.6 Å². The Balaban J connectivity index is 0.000000125. The fourth-order valence-electron chi connectivity index (χ4n) is 16.9. The summed E-state index contributed by atoms with van der Waals surface area (Å²) in [6.45, 7) is 0. The highest BCUT2D eigenvalue weighted by molar-refractivity contribution is 6.40. The maximum atomic E-state index is 6.41. The Hall–Kier alpha value is -15.1. The summed E-state index contributed by atoms with van der Waals surface area (Å²) in [6.07, 6.45) is 16.2. The van der Waals surface area contributed by atoms with Crippen LogP contribution in [0.3, 0.4) is 0 Å². The number of benzene rings is 15. The quantitative estimate of drug-likeness (QED) is 0.0561. The summed E-state index contributed by atoms with van der Waals surface area (Å²) in [7, 11) is 0. The third-order valence-corrected chi connectivity index (χ3v) is 23.6. The Bertz CT molecular complexity index is 6760. The molecule has 0 N–H and O–H groups in total. The average molecular weight is 1530 g/mol. The number of hydrogen-bond acceptors (Lipinski definition) is 10. The van der Waals surface area contributed by atoms with Crippen LogP contribution in [0.1, 0.15) is 17.0 Å². The Kier molecular flexibility index (Phi) is 19.7. The second kappa shape index (κ2) is 32.4. The minimum atomic E-state index is -2.86. The van der Waals surface area contributed by atoms with Gasteiger partial charge in [-0.15, -0.1) is 0 Å². The molecule has 0 radical (unpaired) electrons. The molecule has 1 aliphatic heterocycles. The minimum absolute atomic E-state index is 0.247. The molecule has 2 unspecified atom stereocenters. The second-order valence-corrected chi connectivity index (χ2v) is 30.5. The molecule has 22 rings (SSSR count). The third kappa shape index (κ3) is 14.1. The minimum Gasteiger partial charge on any atom is -0.576 e. The third-order valence-electron chi connectivity index (χ3n) is 22.2. The molecule has 0 fully saturated rings. The molecule has 0 saturated heterocycles. The van der Waals surface area contributed by atoms with Crippen molar-refractivity contribution in [2.45, 2.75) is 12.0 Å². The first-order valence-electron chi connectivity index (χ1n) is 39.7. The van der Waals surface area contributed by atoms with Crippen LogP contribution >= 0.6 is 0 Å². The normalized spacial score (nSPS) is 13.3. The molecule has 6 heterocycles. The number of pyridine rings is 5. The van der Waals surface area contributed by atoms with Crippen molar-refractivity contribution in [1.82, 2.24) is 24.9 Å². The largest absolute Gasteiger partial charge is 1.20 e. The first-order chi connectivity index (χ1) is 58.6. The molecule has 558 valence electrons. The van der Waals surface area contributed by atoms with Gasteiger partial charge in [-0.25, -0.2) is 0 Å². The molecule has 10 nitrogen and oxygen atoms in total. The van der Waals surface area contributed by atoms with Crippen LogP contribution in [0.4, 0.5) is 28.4 Å². The molecule has 5 aromatic heterocycles. The smallest absolute Gasteiger partial charge is 0.576 e. The van der Waals surface area contributed by atoms with Gasteiger partial charge in [-0.05, 0) is 186 Å². The van der Waals surface area contributed by atoms with Gasteiger partial charge in [0.25, 0.3) is 0 Å². The predicted molar refractivity (Wildman–Crippen MR) is 486 cm³/mol. The second-order valence-electron chi connectivity index (χ2n) is 29.2. The van der Waals surface area contributed by atoms with Gasteiger partial charge in [-0.3, -0.25) is 24.9 Å². The van der Waals surface area contributed by atoms with E-state index in [-0.39, 0.29) is 12.0 Å². The predicted octanol–water partition coefficient (Wildman–Crippen LogP) is 27.0. The van der Waals surface area contributed by atoms with E-state index >= 15 is 0 Å². The molecule has 0 spiro atoms. The van der Waals surface area contributed by atoms with E-state index in [1.807, 2.05) is 116 Å². The van der Waals surface area contributed by atoms with E-state index in [2.05, 4.69) is 338 Å². The van der Waals surface area contributed by atoms with Crippen molar-refractivity contribution in [2.24, 2.45) is 0 Å². The highest BCUT2D eigenvalue weighted by Gasteiger charge is 2.46. The molecule has 20 aromatic rings. The lowest BCUT2D eigenvalue weighted by molar-refractivity contribution is 0.311. The monoisotopic (exact) mass is 1530 g/mol. The lowest BCUT2D eigenvalue weighted by atomic mass is 9.86. The zero-order valence-electron chi connectivity index (χ0n) is 64.2. The highest BCUT2D eigenvalue weighted by Crippen LogP contribution is 2.51. The number of anilines is 5. The van der Waals surface area contributed by atoms with Crippen molar-refractivity contribution in [1.29, 1.82) is 0 Å². The number of rotatable bonds is 15. The van der Waals surface area contributed by atoms with Gasteiger partial charge in [0.2, 0.25) is 0 Å². The van der Waals surface area contributed by atoms with Gasteiger partial charge in [0.15, 0.2) is 0 Å². The van der Waals surface area contributed by atoms with E-state index < -0.39 is 15.1 Å². The van der Waals surface area contributed by atoms with Crippen LogP contribution in [-0.4, -0.2) is 46.1 Å². The molecule has 2 atom stereocenters. The lowest BCUT2D eigenvalue weighted by Gasteiger charge is -2.30. The van der Waals surface area contributed by atoms with Crippen molar-refractivity contribution < 1.29 is 11.4 Å². The van der Waals surface area contributed by atoms with E-state index in [0.717, 1.165) is 71.6 Å². The summed E-state index contributed by atoms with van der Waals surface area (Å²) >= 11 is -2.86. The summed E-state index contributed by atoms with van der Waals surface area (Å²) in [6, 6.07) is 136. The Morgan fingerprint density at radius 1 is 0.280 bits per heavy atom. The summed E-state index contributed by atoms with van der Waals surface area (Å²) in [5, 5.41) is 10.2. The fraction of sp³-hybridized carbons (Fsp3) is 0.0187. The van der Waals surface area contributed by atoms with Crippen molar-refractivity contribution >= 4 is 125 Å². The van der Waals surface area contributed by atoms with E-state index in [1.165, 1.54) is 94.1 Å². The lowest BCUT2D eigenvalue weighted by Crippen LogP contribution is -2.37. The van der Waals surface area contributed by atoms with Gasteiger partial charge in [-0.2, -0.15) is 0 Å². The number of aromatic nitrogens is 5. The van der Waals surface area contributed by atoms with Crippen molar-refractivity contribution in [2.75, 3.05) is 9.80 Å². The fourth-order valence-corrected chi connectivity index (χ4v) is 18.2. The molecular weight excluding hydrogens is 1460 g/mol. The first kappa shape index (κ1) is 71.9. The SMILES string of the molecule is C1=CC2C(C=C1c1ccc(N(c3ccccc3)c3ccc(-c4c5ccccc5c(-c5ccccc5)c5ccccc45)cc3)cc1)c1ccccc1N2c1ccccc1.c1ccc(-c2ccnc3c2ccc2c(-c4ccccc4)ccnc23)cc1.c1cnc2c([O][Al]([O]c3cccc4cccnc34)[O]c3cccc4cccnc34)cccc2c1. The molecule has 0 bridgehead atoms. The number of fused-ring (bicyclic) bond motifs is 11. The molecule has 118 heavy (non-hydrogen) atoms. The van der Waals surface area contributed by atoms with Crippen LogP contribution in [-0.2, 0) is 0 Å². The summed E-state index contributed by atoms with van der Waals surface area (Å²) in [4.78, 5) is 27.7. The molecule has 0 amide bonds. The van der Waals surface area contributed by atoms with E-state index in [4.69, 9.17) is 11.4 Å². The van der Waals surface area contributed by atoms with Gasteiger partial charge in [0, 0.05) is 92.3 Å². The number of para-hydroxylation sites is 6. The van der Waals surface area contributed by atoms with E-state index in [9.17, 15) is 0 Å². The number of allylic oxidation sites excluding steroid dienone is 2. The van der Waals surface area contributed by atoms with Gasteiger partial charge < -0.3 is 21.2 Å². The maximum Gasteiger partial charge on any atom is 1.20 e. The van der Waals surface area contributed by atoms with E-state index in [1.54, 1.807) is 18.6 Å². The zero-order chi connectivity index (χ0) is 78.5. The van der Waals surface area contributed by atoms with Gasteiger partial charge >= 0.3 is 15.1 Å². The van der Waals surface area contributed by atoms with Crippen LogP contribution in [0.25, 0.3) is 126 Å². The molecule has 11 heteroatoms. The standard InChI is InChI=1S/C56H40N2.C24H16N2.3C9H7NO.Al/c1-4-16-40(17-5-1)55-48-23-10-12-25-50(48)56(51-26-13-11-24-49(51)55)41-30-35-46(36-31-41)57(43-18-6-2-7-19-43)45-33-28-39(29-34-45)42-32-37-54-52(38-42)47-22-14-15-27-53(47)58(54)44-20-8-3-9-21-44;1-3-7-17(8-4-1)19-13-15-25-23-21(19)11-12-22-20(14-16-26-24(22)23)18-9-5-2-6-10-18;3*11-8-5-1-3-7-4-2-6-10-9(7)8;/h1-38,52,54H;1-16H;3*1-6,11H;/q;;;;;+3/p-3. The van der Waals surface area contributed by atoms with Crippen LogP contribution in [0.5, 0.6) is 17.2 Å². The molecule has 1 aliphatic carbocycles. The Morgan fingerprint density at radius 3 is 1.12 bits per heavy atom. The molecule has 15 aromatic carbocycles. The van der Waals surface area contributed by atoms with Gasteiger partial charge in [-0.1, -0.05) is 303 Å². The average Bonchev–Trinajstić information content (AvgIpc) is 1.39. The Morgan fingerprint density at radius 2 is 0.653 bits per heavy atom. The first-order valence-corrected chi connectivity index (χ1v) is 41.1. The van der Waals surface area contributed by atoms with E-state index in [0.29, 0.717) is 17.2 Å². The number of hydrogen-bond donors (Lipinski definition) is 0.